The number of aromatic nitrogens is 1. The molecule has 7 nitrogen and oxygen atoms in total. The summed E-state index contributed by atoms with van der Waals surface area (Å²) in [4.78, 5) is 27.4. The third kappa shape index (κ3) is 3.01. The first-order valence-corrected chi connectivity index (χ1v) is 6.98. The zero-order chi connectivity index (χ0) is 17.9. The number of rotatable bonds is 6. The molecular formula is C17H17NO6. The van der Waals surface area contributed by atoms with Gasteiger partial charge < -0.3 is 19.3 Å². The highest BCUT2D eigenvalue weighted by Crippen LogP contribution is 2.46. The standard InChI is InChI=1S/C17H17NO6/c1-9(19)10-5-6-18-13(7-10)11-8-12(17(20)21)15(23-3)16(24-4)14(11)22-2/h5-8H,1-4H3,(H,20,21). The molecule has 0 atom stereocenters. The summed E-state index contributed by atoms with van der Waals surface area (Å²) >= 11 is 0. The van der Waals surface area contributed by atoms with E-state index in [4.69, 9.17) is 14.2 Å². The van der Waals surface area contributed by atoms with Crippen LogP contribution in [0.1, 0.15) is 27.6 Å². The molecule has 0 saturated carbocycles. The molecule has 0 aliphatic carbocycles. The molecule has 0 unspecified atom stereocenters. The average molecular weight is 331 g/mol. The van der Waals surface area contributed by atoms with Crippen molar-refractivity contribution in [1.29, 1.82) is 0 Å². The first kappa shape index (κ1) is 17.3. The summed E-state index contributed by atoms with van der Waals surface area (Å²) in [6.07, 6.45) is 1.47. The predicted octanol–water partition coefficient (Wildman–Crippen LogP) is 2.68. The van der Waals surface area contributed by atoms with Crippen molar-refractivity contribution in [2.75, 3.05) is 21.3 Å². The lowest BCUT2D eigenvalue weighted by atomic mass is 10.0. The number of carboxylic acids is 1. The second-order valence-electron chi connectivity index (χ2n) is 4.86. The monoisotopic (exact) mass is 331 g/mol. The molecule has 0 fully saturated rings. The minimum Gasteiger partial charge on any atom is -0.492 e. The second kappa shape index (κ2) is 6.99. The van der Waals surface area contributed by atoms with Crippen molar-refractivity contribution in [3.05, 3.63) is 35.5 Å². The number of hydrogen-bond donors (Lipinski definition) is 1. The Morgan fingerprint density at radius 1 is 1.00 bits per heavy atom. The van der Waals surface area contributed by atoms with Gasteiger partial charge in [-0.15, -0.1) is 0 Å². The van der Waals surface area contributed by atoms with Crippen molar-refractivity contribution in [3.63, 3.8) is 0 Å². The summed E-state index contributed by atoms with van der Waals surface area (Å²) in [6, 6.07) is 4.53. The Kier molecular flexibility index (Phi) is 5.03. The highest BCUT2D eigenvalue weighted by molar-refractivity contribution is 5.97. The van der Waals surface area contributed by atoms with E-state index in [0.29, 0.717) is 16.8 Å². The lowest BCUT2D eigenvalue weighted by Crippen LogP contribution is -2.06. The number of ketones is 1. The van der Waals surface area contributed by atoms with Gasteiger partial charge in [0.1, 0.15) is 5.56 Å². The van der Waals surface area contributed by atoms with Gasteiger partial charge in [-0.2, -0.15) is 0 Å². The van der Waals surface area contributed by atoms with Gasteiger partial charge in [-0.1, -0.05) is 0 Å². The fourth-order valence-corrected chi connectivity index (χ4v) is 2.36. The Balaban J connectivity index is 2.82. The van der Waals surface area contributed by atoms with Gasteiger partial charge in [0, 0.05) is 17.3 Å². The summed E-state index contributed by atoms with van der Waals surface area (Å²) in [5, 5.41) is 9.44. The summed E-state index contributed by atoms with van der Waals surface area (Å²) in [5.74, 6) is -0.848. The molecule has 1 aromatic carbocycles. The molecule has 1 aromatic heterocycles. The van der Waals surface area contributed by atoms with Gasteiger partial charge in [0.15, 0.2) is 17.3 Å². The Morgan fingerprint density at radius 2 is 1.62 bits per heavy atom. The molecule has 0 saturated heterocycles. The maximum Gasteiger partial charge on any atom is 0.339 e. The fraction of sp³-hybridized carbons (Fsp3) is 0.235. The summed E-state index contributed by atoms with van der Waals surface area (Å²) in [5.41, 5.74) is 1.13. The van der Waals surface area contributed by atoms with Crippen LogP contribution in [0.2, 0.25) is 0 Å². The van der Waals surface area contributed by atoms with Crippen molar-refractivity contribution in [2.45, 2.75) is 6.92 Å². The van der Waals surface area contributed by atoms with Crippen LogP contribution in [0.25, 0.3) is 11.3 Å². The highest BCUT2D eigenvalue weighted by atomic mass is 16.5. The SMILES string of the molecule is COc1c(C(=O)O)cc(-c2cc(C(C)=O)ccn2)c(OC)c1OC. The van der Waals surface area contributed by atoms with E-state index in [2.05, 4.69) is 4.98 Å². The first-order chi connectivity index (χ1) is 11.4. The minimum atomic E-state index is -1.18. The maximum atomic E-state index is 11.6. The zero-order valence-electron chi connectivity index (χ0n) is 13.7. The van der Waals surface area contributed by atoms with E-state index in [0.717, 1.165) is 0 Å². The summed E-state index contributed by atoms with van der Waals surface area (Å²) in [7, 11) is 4.16. The molecule has 0 radical (unpaired) electrons. The van der Waals surface area contributed by atoms with Crippen molar-refractivity contribution in [1.82, 2.24) is 4.98 Å². The zero-order valence-corrected chi connectivity index (χ0v) is 13.7. The molecule has 7 heteroatoms. The van der Waals surface area contributed by atoms with Crippen molar-refractivity contribution in [3.8, 4) is 28.5 Å². The van der Waals surface area contributed by atoms with E-state index in [-0.39, 0.29) is 28.6 Å². The Labute approximate surface area is 138 Å². The van der Waals surface area contributed by atoms with Crippen LogP contribution in [0.3, 0.4) is 0 Å². The molecule has 1 heterocycles. The van der Waals surface area contributed by atoms with Crippen LogP contribution in [-0.4, -0.2) is 43.2 Å². The topological polar surface area (TPSA) is 95.0 Å². The molecule has 0 spiro atoms. The van der Waals surface area contributed by atoms with Crippen LogP contribution >= 0.6 is 0 Å². The number of hydrogen-bond acceptors (Lipinski definition) is 6. The Hall–Kier alpha value is -3.09. The number of pyridine rings is 1. The van der Waals surface area contributed by atoms with Gasteiger partial charge in [0.05, 0.1) is 27.0 Å². The molecule has 2 aromatic rings. The van der Waals surface area contributed by atoms with Crippen molar-refractivity contribution < 1.29 is 28.9 Å². The minimum absolute atomic E-state index is 0.0494. The number of methoxy groups -OCH3 is 3. The quantitative estimate of drug-likeness (QED) is 0.813. The average Bonchev–Trinajstić information content (AvgIpc) is 2.59. The number of carbonyl (C=O) groups excluding carboxylic acids is 1. The number of aromatic carboxylic acids is 1. The lowest BCUT2D eigenvalue weighted by Gasteiger charge is -2.17. The van der Waals surface area contributed by atoms with Crippen molar-refractivity contribution >= 4 is 11.8 Å². The summed E-state index contributed by atoms with van der Waals surface area (Å²) < 4.78 is 15.8. The van der Waals surface area contributed by atoms with Crippen LogP contribution in [0, 0.1) is 0 Å². The number of benzene rings is 1. The summed E-state index contributed by atoms with van der Waals surface area (Å²) in [6.45, 7) is 1.44. The third-order valence-electron chi connectivity index (χ3n) is 3.48. The van der Waals surface area contributed by atoms with Crippen LogP contribution in [-0.2, 0) is 0 Å². The van der Waals surface area contributed by atoms with E-state index in [1.54, 1.807) is 12.1 Å². The van der Waals surface area contributed by atoms with Crippen molar-refractivity contribution in [2.24, 2.45) is 0 Å². The van der Waals surface area contributed by atoms with E-state index in [1.807, 2.05) is 0 Å². The van der Waals surface area contributed by atoms with E-state index in [1.165, 1.54) is 40.5 Å². The normalized spacial score (nSPS) is 10.2. The van der Waals surface area contributed by atoms with Gasteiger partial charge in [-0.05, 0) is 25.1 Å². The second-order valence-corrected chi connectivity index (χ2v) is 4.86. The van der Waals surface area contributed by atoms with Crippen LogP contribution < -0.4 is 14.2 Å². The van der Waals surface area contributed by atoms with E-state index < -0.39 is 5.97 Å². The Morgan fingerprint density at radius 3 is 2.12 bits per heavy atom. The fourth-order valence-electron chi connectivity index (χ4n) is 2.36. The molecule has 0 bridgehead atoms. The van der Waals surface area contributed by atoms with Gasteiger partial charge in [-0.25, -0.2) is 4.79 Å². The lowest BCUT2D eigenvalue weighted by molar-refractivity contribution is 0.0692. The largest absolute Gasteiger partial charge is 0.492 e. The number of nitrogens with zero attached hydrogens (tertiary/aromatic N) is 1. The number of carbonyl (C=O) groups is 2. The van der Waals surface area contributed by atoms with Gasteiger partial charge >= 0.3 is 5.97 Å². The molecular weight excluding hydrogens is 314 g/mol. The molecule has 0 amide bonds. The highest BCUT2D eigenvalue weighted by Gasteiger charge is 2.25. The molecule has 24 heavy (non-hydrogen) atoms. The van der Waals surface area contributed by atoms with Crippen LogP contribution in [0.4, 0.5) is 0 Å². The smallest absolute Gasteiger partial charge is 0.339 e. The molecule has 2 rings (SSSR count). The first-order valence-electron chi connectivity index (χ1n) is 6.98. The molecule has 1 N–H and O–H groups in total. The van der Waals surface area contributed by atoms with Gasteiger partial charge in [-0.3, -0.25) is 9.78 Å². The van der Waals surface area contributed by atoms with Crippen LogP contribution in [0.15, 0.2) is 24.4 Å². The molecule has 0 aliphatic heterocycles. The predicted molar refractivity (Wildman–Crippen MR) is 86.3 cm³/mol. The van der Waals surface area contributed by atoms with E-state index in [9.17, 15) is 14.7 Å². The Bertz CT molecular complexity index is 800. The van der Waals surface area contributed by atoms with E-state index >= 15 is 0 Å². The number of Topliss-reactive ketones (excluding diaryl/α,β-unsaturated/α-hetero) is 1. The third-order valence-corrected chi connectivity index (χ3v) is 3.48. The molecule has 0 aliphatic rings. The number of carboxylic acid groups (broad SMARTS) is 1. The molecule has 126 valence electrons. The van der Waals surface area contributed by atoms with Gasteiger partial charge in [0.25, 0.3) is 0 Å². The van der Waals surface area contributed by atoms with Gasteiger partial charge in [0.2, 0.25) is 5.75 Å². The number of ether oxygens (including phenoxy) is 3. The maximum absolute atomic E-state index is 11.6. The van der Waals surface area contributed by atoms with Crippen LogP contribution in [0.5, 0.6) is 17.2 Å².